The highest BCUT2D eigenvalue weighted by molar-refractivity contribution is 5.94. The van der Waals surface area contributed by atoms with E-state index in [9.17, 15) is 9.59 Å². The fourth-order valence-corrected chi connectivity index (χ4v) is 3.66. The summed E-state index contributed by atoms with van der Waals surface area (Å²) in [6.07, 6.45) is 3.44. The van der Waals surface area contributed by atoms with Crippen molar-refractivity contribution in [1.29, 1.82) is 0 Å². The lowest BCUT2D eigenvalue weighted by molar-refractivity contribution is -0.134. The Bertz CT molecular complexity index is 609. The average molecular weight is 328 g/mol. The minimum Gasteiger partial charge on any atom is -0.338 e. The summed E-state index contributed by atoms with van der Waals surface area (Å²) in [6, 6.07) is 9.67. The van der Waals surface area contributed by atoms with Crippen LogP contribution in [0.4, 0.5) is 0 Å². The first-order valence-electron chi connectivity index (χ1n) is 8.86. The van der Waals surface area contributed by atoms with Gasteiger partial charge in [0.05, 0.1) is 0 Å². The van der Waals surface area contributed by atoms with E-state index in [2.05, 4.69) is 10.9 Å². The van der Waals surface area contributed by atoms with Gasteiger partial charge in [-0.1, -0.05) is 18.2 Å². The van der Waals surface area contributed by atoms with Crippen LogP contribution < -0.4 is 10.9 Å². The molecule has 6 heteroatoms. The molecule has 0 radical (unpaired) electrons. The van der Waals surface area contributed by atoms with Gasteiger partial charge in [-0.05, 0) is 37.3 Å². The first-order valence-corrected chi connectivity index (χ1v) is 8.86. The van der Waals surface area contributed by atoms with Crippen LogP contribution >= 0.6 is 0 Å². The molecule has 2 heterocycles. The number of nitrogens with zero attached hydrogens (tertiary/aromatic N) is 2. The van der Waals surface area contributed by atoms with Crippen LogP contribution in [-0.2, 0) is 4.79 Å². The number of piperazine rings is 1. The van der Waals surface area contributed by atoms with E-state index in [0.29, 0.717) is 37.8 Å². The molecule has 2 aliphatic heterocycles. The summed E-state index contributed by atoms with van der Waals surface area (Å²) in [5.41, 5.74) is 7.15. The molecule has 24 heavy (non-hydrogen) atoms. The molecule has 3 fully saturated rings. The Hall–Kier alpha value is -1.92. The van der Waals surface area contributed by atoms with Crippen molar-refractivity contribution in [1.82, 2.24) is 20.7 Å². The quantitative estimate of drug-likeness (QED) is 0.854. The Morgan fingerprint density at radius 2 is 1.58 bits per heavy atom. The molecule has 2 atom stereocenters. The van der Waals surface area contributed by atoms with Crippen molar-refractivity contribution in [3.63, 3.8) is 0 Å². The third-order valence-corrected chi connectivity index (χ3v) is 5.32. The molecular weight excluding hydrogens is 304 g/mol. The number of hydrazine groups is 1. The zero-order chi connectivity index (χ0) is 16.5. The molecule has 0 bridgehead atoms. The molecular formula is C18H24N4O2. The molecule has 3 aliphatic rings. The van der Waals surface area contributed by atoms with Crippen molar-refractivity contribution in [3.8, 4) is 0 Å². The summed E-state index contributed by atoms with van der Waals surface area (Å²) in [5.74, 6) is 0.963. The van der Waals surface area contributed by atoms with Gasteiger partial charge < -0.3 is 9.80 Å². The predicted octanol–water partition coefficient (Wildman–Crippen LogP) is 0.616. The third kappa shape index (κ3) is 3.16. The lowest BCUT2D eigenvalue weighted by atomic mass is 10.1. The largest absolute Gasteiger partial charge is 0.338 e. The van der Waals surface area contributed by atoms with E-state index in [1.54, 1.807) is 0 Å². The van der Waals surface area contributed by atoms with Crippen LogP contribution in [0, 0.1) is 5.92 Å². The predicted molar refractivity (Wildman–Crippen MR) is 90.1 cm³/mol. The maximum Gasteiger partial charge on any atom is 0.253 e. The second-order valence-electron chi connectivity index (χ2n) is 7.00. The van der Waals surface area contributed by atoms with Gasteiger partial charge in [-0.3, -0.25) is 15.0 Å². The van der Waals surface area contributed by atoms with Crippen molar-refractivity contribution in [2.75, 3.05) is 26.2 Å². The highest BCUT2D eigenvalue weighted by atomic mass is 16.2. The molecule has 1 aromatic carbocycles. The number of rotatable bonds is 3. The van der Waals surface area contributed by atoms with Crippen LogP contribution in [0.5, 0.6) is 0 Å². The standard InChI is InChI=1S/C18H24N4O2/c23-17(14-4-2-1-3-5-14)21-8-10-22(11-9-21)18(24)16-12-15(19-20-16)13-6-7-13/h1-5,13,15-16,19-20H,6-12H2. The van der Waals surface area contributed by atoms with Crippen LogP contribution in [0.25, 0.3) is 0 Å². The Morgan fingerprint density at radius 3 is 2.25 bits per heavy atom. The molecule has 128 valence electrons. The van der Waals surface area contributed by atoms with Crippen LogP contribution in [0.3, 0.4) is 0 Å². The van der Waals surface area contributed by atoms with E-state index >= 15 is 0 Å². The number of carbonyl (C=O) groups excluding carboxylic acids is 2. The molecule has 2 unspecified atom stereocenters. The Kier molecular flexibility index (Phi) is 4.24. The summed E-state index contributed by atoms with van der Waals surface area (Å²) in [6.45, 7) is 2.44. The number of benzene rings is 1. The monoisotopic (exact) mass is 328 g/mol. The molecule has 2 amide bonds. The second-order valence-corrected chi connectivity index (χ2v) is 7.00. The third-order valence-electron chi connectivity index (χ3n) is 5.32. The summed E-state index contributed by atoms with van der Waals surface area (Å²) < 4.78 is 0. The van der Waals surface area contributed by atoms with E-state index < -0.39 is 0 Å². The van der Waals surface area contributed by atoms with Crippen LogP contribution in [0.2, 0.25) is 0 Å². The van der Waals surface area contributed by atoms with Gasteiger partial charge in [-0.25, -0.2) is 5.43 Å². The van der Waals surface area contributed by atoms with Gasteiger partial charge in [-0.15, -0.1) is 0 Å². The lowest BCUT2D eigenvalue weighted by Gasteiger charge is -2.36. The maximum absolute atomic E-state index is 12.7. The highest BCUT2D eigenvalue weighted by Gasteiger charge is 2.40. The van der Waals surface area contributed by atoms with Gasteiger partial charge in [-0.2, -0.15) is 0 Å². The van der Waals surface area contributed by atoms with E-state index in [4.69, 9.17) is 0 Å². The normalized spacial score (nSPS) is 27.3. The van der Waals surface area contributed by atoms with Crippen molar-refractivity contribution < 1.29 is 9.59 Å². The zero-order valence-electron chi connectivity index (χ0n) is 13.8. The number of hydrogen-bond donors (Lipinski definition) is 2. The molecule has 4 rings (SSSR count). The Balaban J connectivity index is 1.29. The molecule has 1 aromatic rings. The van der Waals surface area contributed by atoms with Crippen molar-refractivity contribution >= 4 is 11.8 Å². The summed E-state index contributed by atoms with van der Waals surface area (Å²) >= 11 is 0. The van der Waals surface area contributed by atoms with Crippen molar-refractivity contribution in [3.05, 3.63) is 35.9 Å². The number of hydrogen-bond acceptors (Lipinski definition) is 4. The first-order chi connectivity index (χ1) is 11.7. The van der Waals surface area contributed by atoms with Crippen LogP contribution in [-0.4, -0.2) is 59.9 Å². The molecule has 0 spiro atoms. The fraction of sp³-hybridized carbons (Fsp3) is 0.556. The van der Waals surface area contributed by atoms with Gasteiger partial charge in [0.1, 0.15) is 6.04 Å². The fourth-order valence-electron chi connectivity index (χ4n) is 3.66. The molecule has 1 saturated carbocycles. The highest BCUT2D eigenvalue weighted by Crippen LogP contribution is 2.35. The van der Waals surface area contributed by atoms with Crippen LogP contribution in [0.1, 0.15) is 29.6 Å². The smallest absolute Gasteiger partial charge is 0.253 e. The zero-order valence-corrected chi connectivity index (χ0v) is 13.8. The summed E-state index contributed by atoms with van der Waals surface area (Å²) in [5, 5.41) is 0. The van der Waals surface area contributed by atoms with E-state index in [0.717, 1.165) is 12.3 Å². The molecule has 0 aromatic heterocycles. The first kappa shape index (κ1) is 15.6. The maximum atomic E-state index is 12.7. The number of nitrogens with one attached hydrogen (secondary N) is 2. The molecule has 6 nitrogen and oxygen atoms in total. The minimum absolute atomic E-state index is 0.0529. The van der Waals surface area contributed by atoms with Gasteiger partial charge >= 0.3 is 0 Å². The SMILES string of the molecule is O=C(c1ccccc1)N1CCN(C(=O)C2CC(C3CC3)NN2)CC1. The minimum atomic E-state index is -0.119. The van der Waals surface area contributed by atoms with Crippen molar-refractivity contribution in [2.24, 2.45) is 5.92 Å². The number of amides is 2. The van der Waals surface area contributed by atoms with Gasteiger partial charge in [0, 0.05) is 37.8 Å². The molecule has 2 saturated heterocycles. The summed E-state index contributed by atoms with van der Waals surface area (Å²) in [7, 11) is 0. The van der Waals surface area contributed by atoms with E-state index in [1.165, 1.54) is 12.8 Å². The molecule has 2 N–H and O–H groups in total. The average Bonchev–Trinajstić information content (AvgIpc) is 3.38. The lowest BCUT2D eigenvalue weighted by Crippen LogP contribution is -2.54. The second kappa shape index (κ2) is 6.53. The summed E-state index contributed by atoms with van der Waals surface area (Å²) in [4.78, 5) is 28.8. The Morgan fingerprint density at radius 1 is 0.917 bits per heavy atom. The van der Waals surface area contributed by atoms with Crippen molar-refractivity contribution in [2.45, 2.75) is 31.3 Å². The molecule has 1 aliphatic carbocycles. The van der Waals surface area contributed by atoms with Gasteiger partial charge in [0.15, 0.2) is 0 Å². The van der Waals surface area contributed by atoms with Gasteiger partial charge in [0.2, 0.25) is 5.91 Å². The van der Waals surface area contributed by atoms with E-state index in [-0.39, 0.29) is 17.9 Å². The topological polar surface area (TPSA) is 64.7 Å². The van der Waals surface area contributed by atoms with Gasteiger partial charge in [0.25, 0.3) is 5.91 Å². The number of carbonyl (C=O) groups is 2. The van der Waals surface area contributed by atoms with Crippen LogP contribution in [0.15, 0.2) is 30.3 Å². The Labute approximate surface area is 142 Å². The van der Waals surface area contributed by atoms with E-state index in [1.807, 2.05) is 40.1 Å².